The molecule has 1 aromatic carbocycles. The van der Waals surface area contributed by atoms with Gasteiger partial charge in [-0.1, -0.05) is 19.9 Å². The van der Waals surface area contributed by atoms with Gasteiger partial charge >= 0.3 is 6.09 Å². The zero-order chi connectivity index (χ0) is 15.7. The van der Waals surface area contributed by atoms with Crippen LogP contribution in [0.15, 0.2) is 24.3 Å². The molecule has 0 aliphatic carbocycles. The van der Waals surface area contributed by atoms with E-state index >= 15 is 0 Å². The van der Waals surface area contributed by atoms with Crippen molar-refractivity contribution in [2.24, 2.45) is 5.92 Å². The van der Waals surface area contributed by atoms with E-state index in [4.69, 9.17) is 10.4 Å². The molecule has 5 heteroatoms. The van der Waals surface area contributed by atoms with E-state index in [1.807, 2.05) is 32.0 Å². The number of rotatable bonds is 3. The summed E-state index contributed by atoms with van der Waals surface area (Å²) in [6.07, 6.45) is 0.984. The summed E-state index contributed by atoms with van der Waals surface area (Å²) in [5.74, 6) is 0.409. The molecule has 0 aromatic heterocycles. The number of carboxylic acid groups (broad SMARTS) is 1. The maximum Gasteiger partial charge on any atom is 0.404 e. The maximum absolute atomic E-state index is 10.4. The zero-order valence-electron chi connectivity index (χ0n) is 12.7. The fourth-order valence-electron chi connectivity index (χ4n) is 2.40. The number of amides is 1. The summed E-state index contributed by atoms with van der Waals surface area (Å²) in [6.45, 7) is 6.34. The first kappa shape index (κ1) is 16.8. The van der Waals surface area contributed by atoms with Gasteiger partial charge in [-0.15, -0.1) is 0 Å². The predicted molar refractivity (Wildman–Crippen MR) is 83.5 cm³/mol. The molecule has 2 rings (SSSR count). The summed E-state index contributed by atoms with van der Waals surface area (Å²) in [4.78, 5) is 12.7. The van der Waals surface area contributed by atoms with E-state index in [2.05, 4.69) is 16.3 Å². The van der Waals surface area contributed by atoms with Gasteiger partial charge in [0.2, 0.25) is 0 Å². The number of hydrogen-bond acceptors (Lipinski definition) is 3. The highest BCUT2D eigenvalue weighted by molar-refractivity contribution is 5.64. The lowest BCUT2D eigenvalue weighted by atomic mass is 9.96. The minimum atomic E-state index is -0.954. The Labute approximate surface area is 126 Å². The van der Waals surface area contributed by atoms with Crippen LogP contribution in [0, 0.1) is 17.2 Å². The molecule has 1 aliphatic rings. The summed E-state index contributed by atoms with van der Waals surface area (Å²) in [7, 11) is 0. The van der Waals surface area contributed by atoms with Crippen LogP contribution in [0.3, 0.4) is 0 Å². The minimum Gasteiger partial charge on any atom is -0.465 e. The highest BCUT2D eigenvalue weighted by Gasteiger charge is 2.19. The van der Waals surface area contributed by atoms with Crippen molar-refractivity contribution in [3.8, 4) is 6.07 Å². The minimum absolute atomic E-state index is 0.409. The number of nitrogens with one attached hydrogen (secondary N) is 1. The maximum atomic E-state index is 10.4. The van der Waals surface area contributed by atoms with Crippen LogP contribution in [-0.2, 0) is 0 Å². The third kappa shape index (κ3) is 5.35. The van der Waals surface area contributed by atoms with Gasteiger partial charge < -0.3 is 15.3 Å². The second-order valence-corrected chi connectivity index (χ2v) is 4.78. The third-order valence-electron chi connectivity index (χ3n) is 3.50. The molecule has 0 bridgehead atoms. The van der Waals surface area contributed by atoms with Crippen molar-refractivity contribution in [3.63, 3.8) is 0 Å². The van der Waals surface area contributed by atoms with Gasteiger partial charge in [-0.25, -0.2) is 4.79 Å². The standard InChI is InChI=1S/C14H17N3O2.C2H6/c15-9-12-2-1-3-13(8-12)17-6-4-11(5-7-17)10-16-14(18)19;1-2/h1-3,8,11,16H,4-7,10H2,(H,18,19);1-2H3. The molecule has 1 saturated heterocycles. The van der Waals surface area contributed by atoms with Gasteiger partial charge in [0.15, 0.2) is 0 Å². The molecule has 0 radical (unpaired) electrons. The van der Waals surface area contributed by atoms with Gasteiger partial charge in [-0.05, 0) is 37.0 Å². The molecule has 5 nitrogen and oxygen atoms in total. The van der Waals surface area contributed by atoms with Crippen molar-refractivity contribution in [2.45, 2.75) is 26.7 Å². The highest BCUT2D eigenvalue weighted by atomic mass is 16.4. The smallest absolute Gasteiger partial charge is 0.404 e. The van der Waals surface area contributed by atoms with Gasteiger partial charge in [0.05, 0.1) is 11.6 Å². The molecule has 1 aliphatic heterocycles. The van der Waals surface area contributed by atoms with Gasteiger partial charge in [0.25, 0.3) is 0 Å². The van der Waals surface area contributed by atoms with Gasteiger partial charge in [0.1, 0.15) is 0 Å². The van der Waals surface area contributed by atoms with E-state index in [1.54, 1.807) is 6.07 Å². The van der Waals surface area contributed by atoms with Crippen LogP contribution in [0.1, 0.15) is 32.3 Å². The lowest BCUT2D eigenvalue weighted by Gasteiger charge is -2.33. The second-order valence-electron chi connectivity index (χ2n) is 4.78. The molecule has 21 heavy (non-hydrogen) atoms. The molecular formula is C16H23N3O2. The van der Waals surface area contributed by atoms with E-state index in [9.17, 15) is 4.79 Å². The molecule has 1 aromatic rings. The molecule has 1 heterocycles. The molecular weight excluding hydrogens is 266 g/mol. The summed E-state index contributed by atoms with van der Waals surface area (Å²) in [5, 5.41) is 19.9. The Kier molecular flexibility index (Phi) is 7.10. The van der Waals surface area contributed by atoms with Crippen LogP contribution in [0.25, 0.3) is 0 Å². The second kappa shape index (κ2) is 8.85. The predicted octanol–water partition coefficient (Wildman–Crippen LogP) is 3.07. The highest BCUT2D eigenvalue weighted by Crippen LogP contribution is 2.23. The Morgan fingerprint density at radius 2 is 2.10 bits per heavy atom. The Bertz CT molecular complexity index is 489. The Hall–Kier alpha value is -2.22. The first-order valence-corrected chi connectivity index (χ1v) is 7.41. The van der Waals surface area contributed by atoms with Gasteiger partial charge in [-0.3, -0.25) is 0 Å². The van der Waals surface area contributed by atoms with Crippen molar-refractivity contribution in [1.82, 2.24) is 5.32 Å². The normalized spacial score (nSPS) is 14.6. The Morgan fingerprint density at radius 1 is 1.43 bits per heavy atom. The number of benzene rings is 1. The average molecular weight is 289 g/mol. The SMILES string of the molecule is CC.N#Cc1cccc(N2CCC(CNC(=O)O)CC2)c1. The van der Waals surface area contributed by atoms with Crippen molar-refractivity contribution in [1.29, 1.82) is 5.26 Å². The van der Waals surface area contributed by atoms with Crippen LogP contribution in [-0.4, -0.2) is 30.8 Å². The number of hydrogen-bond donors (Lipinski definition) is 2. The van der Waals surface area contributed by atoms with Crippen LogP contribution < -0.4 is 10.2 Å². The van der Waals surface area contributed by atoms with Crippen molar-refractivity contribution >= 4 is 11.8 Å². The number of anilines is 1. The number of carbonyl (C=O) groups is 1. The van der Waals surface area contributed by atoms with Crippen LogP contribution in [0.5, 0.6) is 0 Å². The summed E-state index contributed by atoms with van der Waals surface area (Å²) in [6, 6.07) is 9.75. The third-order valence-corrected chi connectivity index (χ3v) is 3.50. The first-order valence-electron chi connectivity index (χ1n) is 7.41. The summed E-state index contributed by atoms with van der Waals surface area (Å²) >= 11 is 0. The van der Waals surface area contributed by atoms with Gasteiger partial charge in [0, 0.05) is 25.3 Å². The topological polar surface area (TPSA) is 76.4 Å². The lowest BCUT2D eigenvalue weighted by Crippen LogP contribution is -2.38. The van der Waals surface area contributed by atoms with Crippen molar-refractivity contribution < 1.29 is 9.90 Å². The molecule has 0 saturated carbocycles. The number of piperidine rings is 1. The van der Waals surface area contributed by atoms with E-state index < -0.39 is 6.09 Å². The molecule has 2 N–H and O–H groups in total. The van der Waals surface area contributed by atoms with Crippen LogP contribution in [0.2, 0.25) is 0 Å². The van der Waals surface area contributed by atoms with Crippen molar-refractivity contribution in [3.05, 3.63) is 29.8 Å². The molecule has 0 spiro atoms. The molecule has 1 fully saturated rings. The van der Waals surface area contributed by atoms with E-state index in [0.717, 1.165) is 31.6 Å². The summed E-state index contributed by atoms with van der Waals surface area (Å²) < 4.78 is 0. The number of nitriles is 1. The monoisotopic (exact) mass is 289 g/mol. The first-order chi connectivity index (χ1) is 10.2. The Morgan fingerprint density at radius 3 is 2.67 bits per heavy atom. The molecule has 0 atom stereocenters. The van der Waals surface area contributed by atoms with Crippen molar-refractivity contribution in [2.75, 3.05) is 24.5 Å². The van der Waals surface area contributed by atoms with E-state index in [0.29, 0.717) is 18.0 Å². The largest absolute Gasteiger partial charge is 0.465 e. The van der Waals surface area contributed by atoms with E-state index in [-0.39, 0.29) is 0 Å². The quantitative estimate of drug-likeness (QED) is 0.896. The van der Waals surface area contributed by atoms with E-state index in [1.165, 1.54) is 0 Å². The molecule has 1 amide bonds. The number of nitrogens with zero attached hydrogens (tertiary/aromatic N) is 2. The average Bonchev–Trinajstić information content (AvgIpc) is 2.55. The van der Waals surface area contributed by atoms with Gasteiger partial charge in [-0.2, -0.15) is 5.26 Å². The lowest BCUT2D eigenvalue weighted by molar-refractivity contribution is 0.191. The fourth-order valence-corrected chi connectivity index (χ4v) is 2.40. The zero-order valence-corrected chi connectivity index (χ0v) is 12.7. The fraction of sp³-hybridized carbons (Fsp3) is 0.500. The van der Waals surface area contributed by atoms with Crippen LogP contribution in [0.4, 0.5) is 10.5 Å². The summed E-state index contributed by atoms with van der Waals surface area (Å²) in [5.41, 5.74) is 1.75. The Balaban J connectivity index is 0.00000106. The molecule has 114 valence electrons. The molecule has 0 unspecified atom stereocenters. The van der Waals surface area contributed by atoms with Crippen LogP contribution >= 0.6 is 0 Å².